The molecule has 0 fully saturated rings. The molecular formula is C16H11NO2S. The van der Waals surface area contributed by atoms with Crippen molar-refractivity contribution in [1.29, 1.82) is 0 Å². The first-order chi connectivity index (χ1) is 9.74. The van der Waals surface area contributed by atoms with Crippen LogP contribution in [0.3, 0.4) is 0 Å². The van der Waals surface area contributed by atoms with Gasteiger partial charge in [0, 0.05) is 21.9 Å². The summed E-state index contributed by atoms with van der Waals surface area (Å²) in [6.45, 7) is 0. The van der Waals surface area contributed by atoms with Crippen molar-refractivity contribution >= 4 is 17.0 Å². The van der Waals surface area contributed by atoms with Crippen LogP contribution in [-0.4, -0.2) is 4.92 Å². The summed E-state index contributed by atoms with van der Waals surface area (Å²) in [7, 11) is 0. The Kier molecular flexibility index (Phi) is 3.31. The fourth-order valence-electron chi connectivity index (χ4n) is 2.00. The van der Waals surface area contributed by atoms with Crippen LogP contribution in [-0.2, 0) is 0 Å². The second-order valence-corrected chi connectivity index (χ2v) is 5.42. The fourth-order valence-corrected chi connectivity index (χ4v) is 3.01. The van der Waals surface area contributed by atoms with Crippen molar-refractivity contribution in [2.75, 3.05) is 0 Å². The van der Waals surface area contributed by atoms with Gasteiger partial charge in [-0.3, -0.25) is 10.1 Å². The molecule has 0 aliphatic heterocycles. The van der Waals surface area contributed by atoms with Gasteiger partial charge in [-0.2, -0.15) is 0 Å². The molecule has 3 aromatic rings. The Hall–Kier alpha value is -2.46. The monoisotopic (exact) mass is 281 g/mol. The first-order valence-electron chi connectivity index (χ1n) is 6.14. The summed E-state index contributed by atoms with van der Waals surface area (Å²) < 4.78 is 0. The predicted molar refractivity (Wildman–Crippen MR) is 81.8 cm³/mol. The standard InChI is InChI=1S/C16H11NO2S/c18-17(19)14-8-6-13(7-9-14)16-11-10-15(20-16)12-4-2-1-3-5-12/h1-11H. The van der Waals surface area contributed by atoms with Gasteiger partial charge in [0.2, 0.25) is 0 Å². The minimum atomic E-state index is -0.381. The van der Waals surface area contributed by atoms with Gasteiger partial charge in [-0.1, -0.05) is 30.3 Å². The van der Waals surface area contributed by atoms with E-state index in [4.69, 9.17) is 0 Å². The molecule has 0 unspecified atom stereocenters. The third kappa shape index (κ3) is 2.46. The molecule has 0 N–H and O–H groups in total. The van der Waals surface area contributed by atoms with Crippen LogP contribution in [0.4, 0.5) is 5.69 Å². The topological polar surface area (TPSA) is 43.1 Å². The molecular weight excluding hydrogens is 270 g/mol. The van der Waals surface area contributed by atoms with Crippen molar-refractivity contribution in [3.63, 3.8) is 0 Å². The summed E-state index contributed by atoms with van der Waals surface area (Å²) in [5.41, 5.74) is 2.31. The lowest BCUT2D eigenvalue weighted by atomic mass is 10.1. The zero-order valence-electron chi connectivity index (χ0n) is 10.5. The van der Waals surface area contributed by atoms with Gasteiger partial charge in [0.25, 0.3) is 5.69 Å². The SMILES string of the molecule is O=[N+]([O-])c1ccc(-c2ccc(-c3ccccc3)s2)cc1. The van der Waals surface area contributed by atoms with Gasteiger partial charge in [-0.05, 0) is 35.4 Å². The fraction of sp³-hybridized carbons (Fsp3) is 0. The minimum absolute atomic E-state index is 0.119. The van der Waals surface area contributed by atoms with Gasteiger partial charge in [-0.15, -0.1) is 11.3 Å². The van der Waals surface area contributed by atoms with E-state index in [9.17, 15) is 10.1 Å². The molecule has 3 nitrogen and oxygen atoms in total. The largest absolute Gasteiger partial charge is 0.269 e. The number of rotatable bonds is 3. The summed E-state index contributed by atoms with van der Waals surface area (Å²) in [6, 6.07) is 21.0. The molecule has 0 bridgehead atoms. The van der Waals surface area contributed by atoms with Gasteiger partial charge >= 0.3 is 0 Å². The van der Waals surface area contributed by atoms with E-state index in [0.717, 1.165) is 10.4 Å². The molecule has 0 saturated carbocycles. The van der Waals surface area contributed by atoms with E-state index in [2.05, 4.69) is 18.2 Å². The Balaban J connectivity index is 1.92. The average Bonchev–Trinajstić information content (AvgIpc) is 2.98. The number of hydrogen-bond donors (Lipinski definition) is 0. The van der Waals surface area contributed by atoms with E-state index in [0.29, 0.717) is 0 Å². The Morgan fingerprint density at radius 2 is 1.30 bits per heavy atom. The maximum Gasteiger partial charge on any atom is 0.269 e. The summed E-state index contributed by atoms with van der Waals surface area (Å²) in [4.78, 5) is 12.6. The van der Waals surface area contributed by atoms with Crippen molar-refractivity contribution in [3.05, 3.63) is 76.8 Å². The molecule has 0 amide bonds. The van der Waals surface area contributed by atoms with Crippen LogP contribution in [0, 0.1) is 10.1 Å². The van der Waals surface area contributed by atoms with Crippen molar-refractivity contribution in [1.82, 2.24) is 0 Å². The number of nitro benzene ring substituents is 1. The van der Waals surface area contributed by atoms with Gasteiger partial charge in [0.05, 0.1) is 4.92 Å². The van der Waals surface area contributed by atoms with Crippen LogP contribution >= 0.6 is 11.3 Å². The predicted octanol–water partition coefficient (Wildman–Crippen LogP) is 4.99. The summed E-state index contributed by atoms with van der Waals surface area (Å²) in [5.74, 6) is 0. The minimum Gasteiger partial charge on any atom is -0.258 e. The van der Waals surface area contributed by atoms with Crippen LogP contribution in [0.2, 0.25) is 0 Å². The third-order valence-corrected chi connectivity index (χ3v) is 4.21. The normalized spacial score (nSPS) is 10.4. The third-order valence-electron chi connectivity index (χ3n) is 3.03. The van der Waals surface area contributed by atoms with Crippen molar-refractivity contribution < 1.29 is 4.92 Å². The van der Waals surface area contributed by atoms with Crippen LogP contribution < -0.4 is 0 Å². The molecule has 2 aromatic carbocycles. The summed E-state index contributed by atoms with van der Waals surface area (Å²) >= 11 is 1.68. The Bertz CT molecular complexity index is 733. The molecule has 1 heterocycles. The summed E-state index contributed by atoms with van der Waals surface area (Å²) in [5, 5.41) is 10.6. The van der Waals surface area contributed by atoms with E-state index in [1.807, 2.05) is 24.3 Å². The zero-order chi connectivity index (χ0) is 13.9. The Labute approximate surface area is 120 Å². The highest BCUT2D eigenvalue weighted by molar-refractivity contribution is 7.18. The van der Waals surface area contributed by atoms with Crippen molar-refractivity contribution in [2.45, 2.75) is 0 Å². The van der Waals surface area contributed by atoms with Gasteiger partial charge in [0.15, 0.2) is 0 Å². The zero-order valence-corrected chi connectivity index (χ0v) is 11.3. The highest BCUT2D eigenvalue weighted by Gasteiger charge is 2.07. The molecule has 1 aromatic heterocycles. The van der Waals surface area contributed by atoms with E-state index >= 15 is 0 Å². The highest BCUT2D eigenvalue weighted by Crippen LogP contribution is 2.34. The number of thiophene rings is 1. The lowest BCUT2D eigenvalue weighted by Gasteiger charge is -1.97. The van der Waals surface area contributed by atoms with Gasteiger partial charge in [-0.25, -0.2) is 0 Å². The molecule has 0 aliphatic rings. The molecule has 0 saturated heterocycles. The molecule has 3 rings (SSSR count). The van der Waals surface area contributed by atoms with E-state index in [1.54, 1.807) is 23.5 Å². The maximum absolute atomic E-state index is 10.6. The first-order valence-corrected chi connectivity index (χ1v) is 6.96. The average molecular weight is 281 g/mol. The van der Waals surface area contributed by atoms with E-state index in [-0.39, 0.29) is 10.6 Å². The van der Waals surface area contributed by atoms with Crippen LogP contribution in [0.1, 0.15) is 0 Å². The van der Waals surface area contributed by atoms with Gasteiger partial charge < -0.3 is 0 Å². The van der Waals surface area contributed by atoms with E-state index < -0.39 is 0 Å². The molecule has 0 radical (unpaired) electrons. The van der Waals surface area contributed by atoms with Crippen LogP contribution in [0.15, 0.2) is 66.7 Å². The number of nitro groups is 1. The number of nitrogens with zero attached hydrogens (tertiary/aromatic N) is 1. The number of hydrogen-bond acceptors (Lipinski definition) is 3. The maximum atomic E-state index is 10.6. The molecule has 4 heteroatoms. The lowest BCUT2D eigenvalue weighted by molar-refractivity contribution is -0.384. The molecule has 0 aliphatic carbocycles. The second-order valence-electron chi connectivity index (χ2n) is 4.33. The molecule has 0 atom stereocenters. The quantitative estimate of drug-likeness (QED) is 0.501. The first kappa shape index (κ1) is 12.6. The molecule has 98 valence electrons. The molecule has 0 spiro atoms. The van der Waals surface area contributed by atoms with Gasteiger partial charge in [0.1, 0.15) is 0 Å². The van der Waals surface area contributed by atoms with Crippen molar-refractivity contribution in [2.24, 2.45) is 0 Å². The number of non-ortho nitro benzene ring substituents is 1. The van der Waals surface area contributed by atoms with E-state index in [1.165, 1.54) is 22.6 Å². The second kappa shape index (κ2) is 5.27. The van der Waals surface area contributed by atoms with Crippen molar-refractivity contribution in [3.8, 4) is 20.9 Å². The number of benzene rings is 2. The Morgan fingerprint density at radius 3 is 1.85 bits per heavy atom. The van der Waals surface area contributed by atoms with Crippen LogP contribution in [0.25, 0.3) is 20.9 Å². The Morgan fingerprint density at radius 1 is 0.750 bits per heavy atom. The smallest absolute Gasteiger partial charge is 0.258 e. The van der Waals surface area contributed by atoms with Crippen LogP contribution in [0.5, 0.6) is 0 Å². The highest BCUT2D eigenvalue weighted by atomic mass is 32.1. The summed E-state index contributed by atoms with van der Waals surface area (Å²) in [6.07, 6.45) is 0. The molecule has 20 heavy (non-hydrogen) atoms. The lowest BCUT2D eigenvalue weighted by Crippen LogP contribution is -1.86.